The molecule has 0 unspecified atom stereocenters. The largest absolute Gasteiger partial charge is 0.422 e. The Balaban J connectivity index is 1.74. The van der Waals surface area contributed by atoms with Crippen LogP contribution < -0.4 is 10.1 Å². The van der Waals surface area contributed by atoms with E-state index in [4.69, 9.17) is 9.47 Å². The maximum atomic E-state index is 12.6. The lowest BCUT2D eigenvalue weighted by Crippen LogP contribution is -2.27. The van der Waals surface area contributed by atoms with E-state index in [0.717, 1.165) is 29.5 Å². The summed E-state index contributed by atoms with van der Waals surface area (Å²) in [6, 6.07) is 10.7. The second-order valence-corrected chi connectivity index (χ2v) is 6.61. The monoisotopic (exact) mass is 353 g/mol. The maximum Gasteiger partial charge on any atom is 0.343 e. The number of aryl methyl sites for hydroxylation is 2. The predicted molar refractivity (Wildman–Crippen MR) is 99.7 cm³/mol. The van der Waals surface area contributed by atoms with E-state index in [1.807, 2.05) is 32.9 Å². The van der Waals surface area contributed by atoms with Crippen LogP contribution in [0.3, 0.4) is 0 Å². The fraction of sp³-hybridized carbons (Fsp3) is 0.333. The van der Waals surface area contributed by atoms with Gasteiger partial charge in [0.25, 0.3) is 5.91 Å². The van der Waals surface area contributed by atoms with E-state index in [1.165, 1.54) is 0 Å². The molecule has 1 aliphatic heterocycles. The molecule has 1 fully saturated rings. The van der Waals surface area contributed by atoms with E-state index in [1.54, 1.807) is 24.3 Å². The molecule has 1 saturated heterocycles. The van der Waals surface area contributed by atoms with Crippen molar-refractivity contribution in [3.63, 3.8) is 0 Å². The lowest BCUT2D eigenvalue weighted by molar-refractivity contribution is -0.124. The summed E-state index contributed by atoms with van der Waals surface area (Å²) in [4.78, 5) is 24.7. The van der Waals surface area contributed by atoms with Crippen LogP contribution >= 0.6 is 0 Å². The molecule has 26 heavy (non-hydrogen) atoms. The number of hydrogen-bond donors (Lipinski definition) is 1. The van der Waals surface area contributed by atoms with Gasteiger partial charge in [-0.25, -0.2) is 4.79 Å². The van der Waals surface area contributed by atoms with E-state index in [2.05, 4.69) is 5.32 Å². The highest BCUT2D eigenvalue weighted by Crippen LogP contribution is 2.27. The standard InChI is InChI=1S/C21H23NO4/c1-13-9-10-14(2)19(15(13)3)26-21(24)16-6-4-7-17(12-16)22-20(23)18-8-5-11-25-18/h4,6-7,9-10,12,18H,5,8,11H2,1-3H3,(H,22,23)/t18-/m1/s1. The Labute approximate surface area is 153 Å². The molecule has 0 aromatic heterocycles. The number of carbonyl (C=O) groups is 2. The van der Waals surface area contributed by atoms with Crippen molar-refractivity contribution in [2.24, 2.45) is 0 Å². The number of nitrogens with one attached hydrogen (secondary N) is 1. The summed E-state index contributed by atoms with van der Waals surface area (Å²) in [6.45, 7) is 6.43. The van der Waals surface area contributed by atoms with Crippen LogP contribution in [0.4, 0.5) is 5.69 Å². The van der Waals surface area contributed by atoms with Gasteiger partial charge in [0.1, 0.15) is 11.9 Å². The zero-order chi connectivity index (χ0) is 18.7. The van der Waals surface area contributed by atoms with E-state index in [-0.39, 0.29) is 5.91 Å². The van der Waals surface area contributed by atoms with Crippen molar-refractivity contribution in [2.45, 2.75) is 39.7 Å². The van der Waals surface area contributed by atoms with Crippen LogP contribution in [0.5, 0.6) is 5.75 Å². The lowest BCUT2D eigenvalue weighted by Gasteiger charge is -2.13. The minimum Gasteiger partial charge on any atom is -0.422 e. The van der Waals surface area contributed by atoms with Gasteiger partial charge in [-0.05, 0) is 68.5 Å². The van der Waals surface area contributed by atoms with Crippen molar-refractivity contribution in [3.05, 3.63) is 58.7 Å². The van der Waals surface area contributed by atoms with Gasteiger partial charge in [0.15, 0.2) is 0 Å². The van der Waals surface area contributed by atoms with E-state index in [9.17, 15) is 9.59 Å². The van der Waals surface area contributed by atoms with Gasteiger partial charge in [0, 0.05) is 12.3 Å². The summed E-state index contributed by atoms with van der Waals surface area (Å²) in [5.74, 6) is -0.0443. The Morgan fingerprint density at radius 2 is 1.88 bits per heavy atom. The number of esters is 1. The number of benzene rings is 2. The number of amides is 1. The molecule has 1 aliphatic rings. The van der Waals surface area contributed by atoms with Gasteiger partial charge < -0.3 is 14.8 Å². The molecule has 2 aromatic rings. The zero-order valence-electron chi connectivity index (χ0n) is 15.3. The molecule has 1 heterocycles. The van der Waals surface area contributed by atoms with E-state index in [0.29, 0.717) is 23.6 Å². The van der Waals surface area contributed by atoms with Crippen LogP contribution in [0.25, 0.3) is 0 Å². The van der Waals surface area contributed by atoms with Gasteiger partial charge in [0.05, 0.1) is 5.56 Å². The molecule has 0 bridgehead atoms. The van der Waals surface area contributed by atoms with E-state index >= 15 is 0 Å². The first-order valence-electron chi connectivity index (χ1n) is 8.77. The van der Waals surface area contributed by atoms with Crippen molar-refractivity contribution >= 4 is 17.6 Å². The van der Waals surface area contributed by atoms with Crippen LogP contribution in [-0.4, -0.2) is 24.6 Å². The Kier molecular flexibility index (Phi) is 5.38. The number of ether oxygens (including phenoxy) is 2. The first kappa shape index (κ1) is 18.1. The Hall–Kier alpha value is -2.66. The third-order valence-corrected chi connectivity index (χ3v) is 4.66. The second kappa shape index (κ2) is 7.70. The number of carbonyl (C=O) groups excluding carboxylic acids is 2. The van der Waals surface area contributed by atoms with Crippen molar-refractivity contribution < 1.29 is 19.1 Å². The summed E-state index contributed by atoms with van der Waals surface area (Å²) in [5.41, 5.74) is 3.86. The van der Waals surface area contributed by atoms with Gasteiger partial charge in [-0.1, -0.05) is 18.2 Å². The minimum absolute atomic E-state index is 0.182. The first-order chi connectivity index (χ1) is 12.5. The maximum absolute atomic E-state index is 12.6. The highest BCUT2D eigenvalue weighted by atomic mass is 16.5. The smallest absolute Gasteiger partial charge is 0.343 e. The number of anilines is 1. The highest BCUT2D eigenvalue weighted by molar-refractivity contribution is 5.97. The van der Waals surface area contributed by atoms with Crippen molar-refractivity contribution in [3.8, 4) is 5.75 Å². The SMILES string of the molecule is Cc1ccc(C)c(OC(=O)c2cccc(NC(=O)[C@H]3CCCO3)c2)c1C. The Bertz CT molecular complexity index is 838. The molecule has 1 amide bonds. The Morgan fingerprint density at radius 1 is 1.12 bits per heavy atom. The fourth-order valence-electron chi connectivity index (χ4n) is 2.97. The molecule has 1 N–H and O–H groups in total. The molecule has 5 nitrogen and oxygen atoms in total. The molecule has 2 aromatic carbocycles. The van der Waals surface area contributed by atoms with E-state index < -0.39 is 12.1 Å². The topological polar surface area (TPSA) is 64.6 Å². The quantitative estimate of drug-likeness (QED) is 0.668. The summed E-state index contributed by atoms with van der Waals surface area (Å²) in [5, 5.41) is 2.80. The number of hydrogen-bond acceptors (Lipinski definition) is 4. The summed E-state index contributed by atoms with van der Waals surface area (Å²) in [7, 11) is 0. The fourth-order valence-corrected chi connectivity index (χ4v) is 2.97. The summed E-state index contributed by atoms with van der Waals surface area (Å²) < 4.78 is 11.0. The molecule has 1 atom stereocenters. The average Bonchev–Trinajstić information content (AvgIpc) is 3.17. The van der Waals surface area contributed by atoms with Crippen molar-refractivity contribution in [1.82, 2.24) is 0 Å². The molecule has 0 saturated carbocycles. The van der Waals surface area contributed by atoms with Crippen LogP contribution in [0.15, 0.2) is 36.4 Å². The zero-order valence-corrected chi connectivity index (χ0v) is 15.3. The van der Waals surface area contributed by atoms with Gasteiger partial charge in [-0.15, -0.1) is 0 Å². The molecular formula is C21H23NO4. The normalized spacial score (nSPS) is 16.3. The molecule has 3 rings (SSSR count). The molecular weight excluding hydrogens is 330 g/mol. The predicted octanol–water partition coefficient (Wildman–Crippen LogP) is 3.95. The third kappa shape index (κ3) is 3.94. The van der Waals surface area contributed by atoms with Gasteiger partial charge >= 0.3 is 5.97 Å². The first-order valence-corrected chi connectivity index (χ1v) is 8.77. The van der Waals surface area contributed by atoms with Crippen LogP contribution in [0.1, 0.15) is 39.9 Å². The minimum atomic E-state index is -0.449. The highest BCUT2D eigenvalue weighted by Gasteiger charge is 2.23. The van der Waals surface area contributed by atoms with Crippen LogP contribution in [0.2, 0.25) is 0 Å². The van der Waals surface area contributed by atoms with Gasteiger partial charge in [-0.2, -0.15) is 0 Å². The Morgan fingerprint density at radius 3 is 2.62 bits per heavy atom. The molecule has 0 radical (unpaired) electrons. The molecule has 136 valence electrons. The second-order valence-electron chi connectivity index (χ2n) is 6.61. The number of rotatable bonds is 4. The van der Waals surface area contributed by atoms with Gasteiger partial charge in [-0.3, -0.25) is 4.79 Å². The van der Waals surface area contributed by atoms with Gasteiger partial charge in [0.2, 0.25) is 0 Å². The lowest BCUT2D eigenvalue weighted by atomic mass is 10.1. The average molecular weight is 353 g/mol. The van der Waals surface area contributed by atoms with Crippen molar-refractivity contribution in [2.75, 3.05) is 11.9 Å². The van der Waals surface area contributed by atoms with Crippen molar-refractivity contribution in [1.29, 1.82) is 0 Å². The summed E-state index contributed by atoms with van der Waals surface area (Å²) in [6.07, 6.45) is 1.20. The molecule has 0 spiro atoms. The summed E-state index contributed by atoms with van der Waals surface area (Å²) >= 11 is 0. The van der Waals surface area contributed by atoms with Crippen LogP contribution in [-0.2, 0) is 9.53 Å². The molecule has 5 heteroatoms. The third-order valence-electron chi connectivity index (χ3n) is 4.66. The molecule has 0 aliphatic carbocycles. The van der Waals surface area contributed by atoms with Crippen LogP contribution in [0, 0.1) is 20.8 Å².